The van der Waals surface area contributed by atoms with Gasteiger partial charge in [-0.2, -0.15) is 8.78 Å². The maximum atomic E-state index is 13.1. The zero-order chi connectivity index (χ0) is 11.2. The van der Waals surface area contributed by atoms with E-state index in [9.17, 15) is 13.9 Å². The van der Waals surface area contributed by atoms with Crippen LogP contribution in [0.4, 0.5) is 8.78 Å². The summed E-state index contributed by atoms with van der Waals surface area (Å²) in [6.45, 7) is 1.01. The number of aliphatic hydroxyl groups is 1. The van der Waals surface area contributed by atoms with Crippen LogP contribution < -0.4 is 0 Å². The first kappa shape index (κ1) is 11.7. The van der Waals surface area contributed by atoms with Gasteiger partial charge in [0.1, 0.15) is 5.60 Å². The van der Waals surface area contributed by atoms with Crippen molar-refractivity contribution in [3.8, 4) is 0 Å². The molecule has 0 bridgehead atoms. The molecule has 15 heavy (non-hydrogen) atoms. The first-order chi connectivity index (χ1) is 6.87. The third-order valence-electron chi connectivity index (χ3n) is 3.18. The summed E-state index contributed by atoms with van der Waals surface area (Å²) in [7, 11) is 0. The molecule has 3 nitrogen and oxygen atoms in total. The van der Waals surface area contributed by atoms with Crippen molar-refractivity contribution in [3.05, 3.63) is 0 Å². The minimum atomic E-state index is -3.25. The molecule has 1 heterocycles. The van der Waals surface area contributed by atoms with Crippen LogP contribution >= 0.6 is 15.9 Å². The summed E-state index contributed by atoms with van der Waals surface area (Å²) in [5.74, 6) is -0.718. The molecule has 1 aliphatic carbocycles. The third-order valence-corrected chi connectivity index (χ3v) is 3.92. The number of rotatable bonds is 1. The first-order valence-corrected chi connectivity index (χ1v) is 5.73. The maximum absolute atomic E-state index is 13.1. The molecule has 0 unspecified atom stereocenters. The average molecular weight is 287 g/mol. The highest BCUT2D eigenvalue weighted by Crippen LogP contribution is 2.48. The lowest BCUT2D eigenvalue weighted by Gasteiger charge is -2.42. The normalized spacial score (nSPS) is 29.6. The predicted octanol–water partition coefficient (Wildman–Crippen LogP) is 2.02. The van der Waals surface area contributed by atoms with Crippen LogP contribution in [0.3, 0.4) is 0 Å². The van der Waals surface area contributed by atoms with Crippen molar-refractivity contribution in [3.63, 3.8) is 0 Å². The molecule has 88 valence electrons. The molecule has 1 spiro atoms. The SMILES string of the molecule is OC1(C(F)(F)Br)CCC2(CC1)OCCO2. The smallest absolute Gasteiger partial charge is 0.329 e. The van der Waals surface area contributed by atoms with Gasteiger partial charge in [-0.25, -0.2) is 0 Å². The van der Waals surface area contributed by atoms with Crippen LogP contribution in [-0.4, -0.2) is 34.5 Å². The molecular weight excluding hydrogens is 274 g/mol. The van der Waals surface area contributed by atoms with E-state index in [1.165, 1.54) is 0 Å². The van der Waals surface area contributed by atoms with E-state index < -0.39 is 16.2 Å². The second-order valence-electron chi connectivity index (χ2n) is 4.14. The lowest BCUT2D eigenvalue weighted by atomic mass is 9.81. The molecule has 1 N–H and O–H groups in total. The summed E-state index contributed by atoms with van der Waals surface area (Å²) in [5, 5.41) is 9.74. The molecule has 2 aliphatic rings. The largest absolute Gasteiger partial charge is 0.383 e. The van der Waals surface area contributed by atoms with E-state index in [1.54, 1.807) is 0 Å². The second kappa shape index (κ2) is 3.61. The fraction of sp³-hybridized carbons (Fsp3) is 1.00. The molecule has 0 aromatic rings. The van der Waals surface area contributed by atoms with E-state index in [1.807, 2.05) is 0 Å². The Morgan fingerprint density at radius 3 is 1.93 bits per heavy atom. The highest BCUT2D eigenvalue weighted by atomic mass is 79.9. The van der Waals surface area contributed by atoms with Gasteiger partial charge < -0.3 is 14.6 Å². The summed E-state index contributed by atoms with van der Waals surface area (Å²) >= 11 is 2.23. The molecule has 0 amide bonds. The van der Waals surface area contributed by atoms with Gasteiger partial charge in [0.05, 0.1) is 13.2 Å². The molecule has 2 fully saturated rings. The van der Waals surface area contributed by atoms with Crippen molar-refractivity contribution in [1.82, 2.24) is 0 Å². The third kappa shape index (κ3) is 2.05. The number of alkyl halides is 3. The van der Waals surface area contributed by atoms with Gasteiger partial charge in [-0.05, 0) is 28.8 Å². The summed E-state index contributed by atoms with van der Waals surface area (Å²) in [6, 6.07) is 0. The fourth-order valence-corrected chi connectivity index (χ4v) is 2.51. The molecule has 1 aliphatic heterocycles. The fourth-order valence-electron chi connectivity index (χ4n) is 2.11. The maximum Gasteiger partial charge on any atom is 0.329 e. The van der Waals surface area contributed by atoms with Crippen LogP contribution in [0.5, 0.6) is 0 Å². The van der Waals surface area contributed by atoms with Crippen molar-refractivity contribution >= 4 is 15.9 Å². The topological polar surface area (TPSA) is 38.7 Å². The van der Waals surface area contributed by atoms with E-state index >= 15 is 0 Å². The summed E-state index contributed by atoms with van der Waals surface area (Å²) in [6.07, 6.45) is 0.575. The highest BCUT2D eigenvalue weighted by molar-refractivity contribution is 9.10. The molecule has 0 atom stereocenters. The molecule has 1 saturated carbocycles. The zero-order valence-corrected chi connectivity index (χ0v) is 9.73. The van der Waals surface area contributed by atoms with E-state index in [4.69, 9.17) is 9.47 Å². The van der Waals surface area contributed by atoms with Crippen LogP contribution in [0.25, 0.3) is 0 Å². The Morgan fingerprint density at radius 2 is 1.53 bits per heavy atom. The average Bonchev–Trinajstić information content (AvgIpc) is 2.58. The van der Waals surface area contributed by atoms with Crippen LogP contribution in [0.1, 0.15) is 25.7 Å². The van der Waals surface area contributed by atoms with Gasteiger partial charge in [0, 0.05) is 12.8 Å². The molecule has 0 aromatic carbocycles. The quantitative estimate of drug-likeness (QED) is 0.750. The van der Waals surface area contributed by atoms with Gasteiger partial charge in [-0.1, -0.05) is 0 Å². The molecule has 2 rings (SSSR count). The summed E-state index contributed by atoms with van der Waals surface area (Å²) < 4.78 is 36.9. The highest BCUT2D eigenvalue weighted by Gasteiger charge is 2.56. The van der Waals surface area contributed by atoms with E-state index in [0.717, 1.165) is 0 Å². The molecule has 0 aromatic heterocycles. The van der Waals surface area contributed by atoms with Gasteiger partial charge in [-0.15, -0.1) is 0 Å². The Hall–Kier alpha value is 0.220. The molecule has 1 saturated heterocycles. The standard InChI is InChI=1S/C9H13BrF2O3/c10-9(11,12)7(13)1-3-8(4-2-7)14-5-6-15-8/h13H,1-6H2. The van der Waals surface area contributed by atoms with Crippen molar-refractivity contribution in [1.29, 1.82) is 0 Å². The van der Waals surface area contributed by atoms with E-state index in [-0.39, 0.29) is 12.8 Å². The second-order valence-corrected chi connectivity index (χ2v) is 5.13. The lowest BCUT2D eigenvalue weighted by Crippen LogP contribution is -2.51. The molecule has 6 heteroatoms. The lowest BCUT2D eigenvalue weighted by molar-refractivity contribution is -0.226. The van der Waals surface area contributed by atoms with Crippen LogP contribution in [-0.2, 0) is 9.47 Å². The predicted molar refractivity (Wildman–Crippen MR) is 51.9 cm³/mol. The van der Waals surface area contributed by atoms with Gasteiger partial charge in [0.15, 0.2) is 5.79 Å². The number of hydrogen-bond acceptors (Lipinski definition) is 3. The van der Waals surface area contributed by atoms with Crippen LogP contribution in [0.2, 0.25) is 0 Å². The number of ether oxygens (including phenoxy) is 2. The minimum Gasteiger partial charge on any atom is -0.383 e. The number of halogens is 3. The molecular formula is C9H13BrF2O3. The van der Waals surface area contributed by atoms with Crippen LogP contribution in [0, 0.1) is 0 Å². The van der Waals surface area contributed by atoms with Crippen molar-refractivity contribution in [2.24, 2.45) is 0 Å². The van der Waals surface area contributed by atoms with Crippen LogP contribution in [0.15, 0.2) is 0 Å². The summed E-state index contributed by atoms with van der Waals surface area (Å²) in [5.41, 5.74) is -1.98. The Bertz CT molecular complexity index is 238. The number of hydrogen-bond donors (Lipinski definition) is 1. The van der Waals surface area contributed by atoms with Crippen molar-refractivity contribution in [2.45, 2.75) is 41.9 Å². The van der Waals surface area contributed by atoms with Crippen molar-refractivity contribution < 1.29 is 23.4 Å². The first-order valence-electron chi connectivity index (χ1n) is 4.94. The van der Waals surface area contributed by atoms with E-state index in [0.29, 0.717) is 26.1 Å². The van der Waals surface area contributed by atoms with Gasteiger partial charge in [0.25, 0.3) is 0 Å². The Labute approximate surface area is 94.9 Å². The zero-order valence-electron chi connectivity index (χ0n) is 8.14. The Kier molecular flexibility index (Phi) is 2.82. The van der Waals surface area contributed by atoms with Gasteiger partial charge in [0.2, 0.25) is 0 Å². The van der Waals surface area contributed by atoms with Gasteiger partial charge >= 0.3 is 4.83 Å². The Morgan fingerprint density at radius 1 is 1.07 bits per heavy atom. The molecule has 0 radical (unpaired) electrons. The monoisotopic (exact) mass is 286 g/mol. The van der Waals surface area contributed by atoms with E-state index in [2.05, 4.69) is 15.9 Å². The Balaban J connectivity index is 2.02. The minimum absolute atomic E-state index is 0.0226. The van der Waals surface area contributed by atoms with Crippen molar-refractivity contribution in [2.75, 3.05) is 13.2 Å². The summed E-state index contributed by atoms with van der Waals surface area (Å²) in [4.78, 5) is -3.25. The van der Waals surface area contributed by atoms with Gasteiger partial charge in [-0.3, -0.25) is 0 Å².